The molecule has 0 saturated carbocycles. The zero-order chi connectivity index (χ0) is 15.9. The molecule has 0 radical (unpaired) electrons. The predicted molar refractivity (Wildman–Crippen MR) is 77.6 cm³/mol. The fourth-order valence-electron chi connectivity index (χ4n) is 1.60. The summed E-state index contributed by atoms with van der Waals surface area (Å²) in [5.41, 5.74) is 1.45. The summed E-state index contributed by atoms with van der Waals surface area (Å²) in [6.45, 7) is 0. The van der Waals surface area contributed by atoms with Gasteiger partial charge < -0.3 is 5.11 Å². The number of benzene rings is 1. The molecule has 0 aliphatic heterocycles. The molecule has 0 aliphatic carbocycles. The summed E-state index contributed by atoms with van der Waals surface area (Å²) < 4.78 is 0. The number of aromatic nitrogens is 3. The maximum absolute atomic E-state index is 11.6. The quantitative estimate of drug-likeness (QED) is 0.425. The van der Waals surface area contributed by atoms with Crippen LogP contribution in [0.4, 0.5) is 0 Å². The number of carbonyl (C=O) groups is 1. The van der Waals surface area contributed by atoms with Gasteiger partial charge in [0, 0.05) is 18.4 Å². The SMILES string of the molecule is O=C(CCc1n[nH]c(=O)[nH]c1=O)NN=Cc1ccccc1O. The van der Waals surface area contributed by atoms with Crippen LogP contribution in [0.5, 0.6) is 5.75 Å². The lowest BCUT2D eigenvalue weighted by Gasteiger charge is -2.00. The van der Waals surface area contributed by atoms with Gasteiger partial charge in [-0.05, 0) is 12.1 Å². The van der Waals surface area contributed by atoms with Crippen molar-refractivity contribution in [2.24, 2.45) is 5.10 Å². The smallest absolute Gasteiger partial charge is 0.342 e. The van der Waals surface area contributed by atoms with Crippen LogP contribution >= 0.6 is 0 Å². The minimum absolute atomic E-state index is 0.0275. The summed E-state index contributed by atoms with van der Waals surface area (Å²) in [6.07, 6.45) is 1.34. The number of rotatable bonds is 5. The first-order chi connectivity index (χ1) is 10.6. The van der Waals surface area contributed by atoms with E-state index in [1.807, 2.05) is 4.98 Å². The van der Waals surface area contributed by atoms with Crippen molar-refractivity contribution in [2.45, 2.75) is 12.8 Å². The number of nitrogens with one attached hydrogen (secondary N) is 3. The van der Waals surface area contributed by atoms with Gasteiger partial charge in [-0.25, -0.2) is 15.3 Å². The first-order valence-corrected chi connectivity index (χ1v) is 6.34. The molecule has 1 amide bonds. The zero-order valence-electron chi connectivity index (χ0n) is 11.4. The average Bonchev–Trinajstić information content (AvgIpc) is 2.48. The van der Waals surface area contributed by atoms with Crippen LogP contribution in [0.2, 0.25) is 0 Å². The van der Waals surface area contributed by atoms with Crippen molar-refractivity contribution in [3.8, 4) is 5.75 Å². The number of hydrazone groups is 1. The van der Waals surface area contributed by atoms with Crippen LogP contribution in [0.1, 0.15) is 17.7 Å². The second-order valence-electron chi connectivity index (χ2n) is 4.31. The number of para-hydroxylation sites is 1. The Morgan fingerprint density at radius 1 is 1.36 bits per heavy atom. The number of amides is 1. The van der Waals surface area contributed by atoms with E-state index in [2.05, 4.69) is 20.7 Å². The molecule has 1 aromatic heterocycles. The van der Waals surface area contributed by atoms with Gasteiger partial charge in [0.25, 0.3) is 5.56 Å². The number of carbonyl (C=O) groups excluding carboxylic acids is 1. The van der Waals surface area contributed by atoms with Gasteiger partial charge in [-0.3, -0.25) is 14.6 Å². The third-order valence-corrected chi connectivity index (χ3v) is 2.70. The molecule has 0 bridgehead atoms. The Morgan fingerprint density at radius 3 is 2.86 bits per heavy atom. The molecule has 2 aromatic rings. The molecular formula is C13H13N5O4. The maximum Gasteiger partial charge on any atom is 0.342 e. The molecule has 4 N–H and O–H groups in total. The lowest BCUT2D eigenvalue weighted by Crippen LogP contribution is -2.28. The molecule has 9 heteroatoms. The molecule has 9 nitrogen and oxygen atoms in total. The van der Waals surface area contributed by atoms with E-state index in [1.54, 1.807) is 18.2 Å². The average molecular weight is 303 g/mol. The summed E-state index contributed by atoms with van der Waals surface area (Å²) in [5, 5.41) is 18.8. The summed E-state index contributed by atoms with van der Waals surface area (Å²) in [4.78, 5) is 35.7. The van der Waals surface area contributed by atoms with Crippen molar-refractivity contribution >= 4 is 12.1 Å². The Labute approximate surface area is 123 Å². The van der Waals surface area contributed by atoms with Gasteiger partial charge in [0.15, 0.2) is 0 Å². The molecule has 0 fully saturated rings. The Bertz CT molecular complexity index is 808. The van der Waals surface area contributed by atoms with Gasteiger partial charge in [-0.15, -0.1) is 0 Å². The third kappa shape index (κ3) is 4.13. The number of hydrogen-bond donors (Lipinski definition) is 4. The predicted octanol–water partition coefficient (Wildman–Crippen LogP) is -0.753. The van der Waals surface area contributed by atoms with Gasteiger partial charge >= 0.3 is 5.69 Å². The van der Waals surface area contributed by atoms with Crippen molar-refractivity contribution in [3.63, 3.8) is 0 Å². The van der Waals surface area contributed by atoms with Crippen molar-refractivity contribution in [2.75, 3.05) is 0 Å². The number of aromatic amines is 2. The molecular weight excluding hydrogens is 290 g/mol. The molecule has 0 aliphatic rings. The van der Waals surface area contributed by atoms with Crippen molar-refractivity contribution in [1.82, 2.24) is 20.6 Å². The van der Waals surface area contributed by atoms with E-state index < -0.39 is 17.2 Å². The van der Waals surface area contributed by atoms with Gasteiger partial charge in [0.1, 0.15) is 11.4 Å². The lowest BCUT2D eigenvalue weighted by molar-refractivity contribution is -0.121. The Kier molecular flexibility index (Phi) is 4.81. The van der Waals surface area contributed by atoms with Gasteiger partial charge in [-0.2, -0.15) is 10.2 Å². The van der Waals surface area contributed by atoms with E-state index in [-0.39, 0.29) is 24.3 Å². The number of nitrogens with zero attached hydrogens (tertiary/aromatic N) is 2. The molecule has 1 heterocycles. The van der Waals surface area contributed by atoms with Crippen LogP contribution in [0.15, 0.2) is 39.0 Å². The van der Waals surface area contributed by atoms with Crippen LogP contribution in [0.3, 0.4) is 0 Å². The second kappa shape index (κ2) is 6.97. The van der Waals surface area contributed by atoms with Crippen LogP contribution < -0.4 is 16.7 Å². The van der Waals surface area contributed by atoms with Crippen LogP contribution in [0, 0.1) is 0 Å². The van der Waals surface area contributed by atoms with Crippen LogP contribution in [-0.2, 0) is 11.2 Å². The standard InChI is InChI=1S/C13H13N5O4/c19-10-4-2-1-3-8(10)7-14-17-11(20)6-5-9-12(21)15-13(22)18-16-9/h1-4,7,19H,5-6H2,(H,17,20)(H2,15,18,21,22). The number of aromatic hydroxyl groups is 1. The number of aryl methyl sites for hydroxylation is 1. The van der Waals surface area contributed by atoms with E-state index in [1.165, 1.54) is 12.3 Å². The summed E-state index contributed by atoms with van der Waals surface area (Å²) in [7, 11) is 0. The molecule has 1 aromatic carbocycles. The molecule has 0 saturated heterocycles. The van der Waals surface area contributed by atoms with Gasteiger partial charge in [-0.1, -0.05) is 12.1 Å². The Morgan fingerprint density at radius 2 is 2.14 bits per heavy atom. The normalized spacial score (nSPS) is 10.7. The summed E-state index contributed by atoms with van der Waals surface area (Å²) in [6, 6.07) is 6.52. The van der Waals surface area contributed by atoms with Crippen molar-refractivity contribution < 1.29 is 9.90 Å². The number of phenols is 1. The Balaban J connectivity index is 1.87. The molecule has 0 unspecified atom stereocenters. The molecule has 0 atom stereocenters. The minimum Gasteiger partial charge on any atom is -0.507 e. The molecule has 0 spiro atoms. The van der Waals surface area contributed by atoms with E-state index in [0.29, 0.717) is 5.56 Å². The highest BCUT2D eigenvalue weighted by molar-refractivity contribution is 5.85. The highest BCUT2D eigenvalue weighted by atomic mass is 16.3. The Hall–Kier alpha value is -3.23. The first kappa shape index (κ1) is 15.2. The monoisotopic (exact) mass is 303 g/mol. The lowest BCUT2D eigenvalue weighted by atomic mass is 10.2. The summed E-state index contributed by atoms with van der Waals surface area (Å²) in [5.74, 6) is -0.386. The van der Waals surface area contributed by atoms with E-state index in [4.69, 9.17) is 0 Å². The molecule has 2 rings (SSSR count). The number of hydrogen-bond acceptors (Lipinski definition) is 6. The zero-order valence-corrected chi connectivity index (χ0v) is 11.4. The number of phenolic OH excluding ortho intramolecular Hbond substituents is 1. The van der Waals surface area contributed by atoms with Crippen LogP contribution in [-0.4, -0.2) is 32.4 Å². The second-order valence-corrected chi connectivity index (χ2v) is 4.31. The highest BCUT2D eigenvalue weighted by Gasteiger charge is 2.06. The van der Waals surface area contributed by atoms with Gasteiger partial charge in [0.2, 0.25) is 5.91 Å². The first-order valence-electron chi connectivity index (χ1n) is 6.34. The molecule has 114 valence electrons. The fraction of sp³-hybridized carbons (Fsp3) is 0.154. The third-order valence-electron chi connectivity index (χ3n) is 2.70. The van der Waals surface area contributed by atoms with E-state index in [9.17, 15) is 19.5 Å². The number of H-pyrrole nitrogens is 2. The summed E-state index contributed by atoms with van der Waals surface area (Å²) >= 11 is 0. The highest BCUT2D eigenvalue weighted by Crippen LogP contribution is 2.12. The minimum atomic E-state index is -0.703. The fourth-order valence-corrected chi connectivity index (χ4v) is 1.60. The molecule has 22 heavy (non-hydrogen) atoms. The van der Waals surface area contributed by atoms with Crippen molar-refractivity contribution in [3.05, 3.63) is 56.4 Å². The maximum atomic E-state index is 11.6. The van der Waals surface area contributed by atoms with E-state index in [0.717, 1.165) is 0 Å². The topological polar surface area (TPSA) is 140 Å². The van der Waals surface area contributed by atoms with Crippen molar-refractivity contribution in [1.29, 1.82) is 0 Å². The van der Waals surface area contributed by atoms with E-state index >= 15 is 0 Å². The van der Waals surface area contributed by atoms with Crippen LogP contribution in [0.25, 0.3) is 0 Å². The largest absolute Gasteiger partial charge is 0.507 e. The van der Waals surface area contributed by atoms with Gasteiger partial charge in [0.05, 0.1) is 6.21 Å².